The van der Waals surface area contributed by atoms with E-state index in [9.17, 15) is 28.8 Å². The molecule has 3 amide bonds. The maximum Gasteiger partial charge on any atom is 0.303 e. The first kappa shape index (κ1) is 29.2. The number of esters is 3. The molecule has 1 fully saturated rings. The predicted molar refractivity (Wildman–Crippen MR) is 118 cm³/mol. The molecule has 5 atom stereocenters. The zero-order valence-corrected chi connectivity index (χ0v) is 20.3. The maximum atomic E-state index is 12.2. The first-order valence-electron chi connectivity index (χ1n) is 10.5. The van der Waals surface area contributed by atoms with Gasteiger partial charge in [-0.25, -0.2) is 0 Å². The largest absolute Gasteiger partial charge is 0.463 e. The molecular weight excluding hydrogens is 474 g/mol. The first-order valence-corrected chi connectivity index (χ1v) is 11.0. The molecule has 34 heavy (non-hydrogen) atoms. The molecule has 0 aliphatic carbocycles. The van der Waals surface area contributed by atoms with Crippen LogP contribution in [0.2, 0.25) is 0 Å². The third-order valence-electron chi connectivity index (χ3n) is 4.65. The van der Waals surface area contributed by atoms with Crippen LogP contribution in [0.5, 0.6) is 0 Å². The van der Waals surface area contributed by atoms with Crippen molar-refractivity contribution in [2.45, 2.75) is 77.4 Å². The van der Waals surface area contributed by atoms with Gasteiger partial charge in [0.05, 0.1) is 12.1 Å². The minimum absolute atomic E-state index is 0.0407. The third-order valence-corrected chi connectivity index (χ3v) is 4.90. The summed E-state index contributed by atoms with van der Waals surface area (Å²) < 4.78 is 23.8. The van der Waals surface area contributed by atoms with Crippen molar-refractivity contribution in [3.05, 3.63) is 0 Å². The molecule has 14 heteroatoms. The van der Waals surface area contributed by atoms with Crippen molar-refractivity contribution in [1.82, 2.24) is 15.4 Å². The number of carbonyl (C=O) groups excluding carboxylic acids is 6. The zero-order chi connectivity index (χ0) is 25.8. The Labute approximate surface area is 202 Å². The van der Waals surface area contributed by atoms with E-state index in [1.54, 1.807) is 0 Å². The van der Waals surface area contributed by atoms with E-state index in [0.29, 0.717) is 0 Å². The highest BCUT2D eigenvalue weighted by molar-refractivity contribution is 7.78. The molecule has 5 unspecified atom stereocenters. The summed E-state index contributed by atoms with van der Waals surface area (Å²) in [5, 5.41) is 5.25. The van der Waals surface area contributed by atoms with Crippen LogP contribution in [0, 0.1) is 0 Å². The monoisotopic (exact) mass is 505 g/mol. The molecule has 1 aliphatic rings. The van der Waals surface area contributed by atoms with Crippen molar-refractivity contribution < 1.29 is 47.7 Å². The lowest BCUT2D eigenvalue weighted by Crippen LogP contribution is -2.67. The number of ether oxygens (including phenoxy) is 4. The number of rotatable bonds is 11. The van der Waals surface area contributed by atoms with Gasteiger partial charge in [-0.1, -0.05) is 12.8 Å². The summed E-state index contributed by atoms with van der Waals surface area (Å²) in [7, 11) is 0. The van der Waals surface area contributed by atoms with E-state index < -0.39 is 54.3 Å². The summed E-state index contributed by atoms with van der Waals surface area (Å²) in [4.78, 5) is 70.2. The van der Waals surface area contributed by atoms with Gasteiger partial charge in [0.2, 0.25) is 17.7 Å². The highest BCUT2D eigenvalue weighted by Gasteiger charge is 2.50. The fourth-order valence-electron chi connectivity index (χ4n) is 3.37. The number of nitrogens with one attached hydrogen (secondary N) is 3. The van der Waals surface area contributed by atoms with Crippen LogP contribution in [0.4, 0.5) is 0 Å². The van der Waals surface area contributed by atoms with Crippen LogP contribution < -0.4 is 15.4 Å². The van der Waals surface area contributed by atoms with Crippen molar-refractivity contribution >= 4 is 48.4 Å². The molecule has 1 rings (SSSR count). The van der Waals surface area contributed by atoms with Crippen molar-refractivity contribution in [2.75, 3.05) is 13.2 Å². The lowest BCUT2D eigenvalue weighted by Gasteiger charge is -2.45. The zero-order valence-electron chi connectivity index (χ0n) is 19.5. The minimum atomic E-state index is -1.20. The van der Waals surface area contributed by atoms with E-state index >= 15 is 0 Å². The van der Waals surface area contributed by atoms with Gasteiger partial charge in [0.25, 0.3) is 0 Å². The Morgan fingerprint density at radius 1 is 0.824 bits per heavy atom. The summed E-state index contributed by atoms with van der Waals surface area (Å²) in [6, 6.07) is -1.01. The average molecular weight is 506 g/mol. The molecule has 0 aromatic carbocycles. The molecular formula is C20H31N3O10S. The van der Waals surface area contributed by atoms with Crippen LogP contribution in [0.1, 0.15) is 47.0 Å². The van der Waals surface area contributed by atoms with Gasteiger partial charge in [0.15, 0.2) is 12.2 Å². The fourth-order valence-corrected chi connectivity index (χ4v) is 3.48. The Balaban J connectivity index is 3.09. The van der Waals surface area contributed by atoms with E-state index in [1.165, 1.54) is 13.8 Å². The van der Waals surface area contributed by atoms with Gasteiger partial charge in [-0.15, -0.1) is 0 Å². The first-order chi connectivity index (χ1) is 15.9. The standard InChI is InChI=1S/C20H31N3O10S/c1-10(24)22-18-14(8-21-16(28)6-5-7-17(29)23-34)33-15(9-30-11(2)25)19(31-12(3)26)20(18)32-13(4)27/h14-15,18-20,34H,5-9H2,1-4H3,(H,21,28)(H,22,24)(H,23,29). The Bertz CT molecular complexity index is 778. The second-order valence-electron chi connectivity index (χ2n) is 7.58. The van der Waals surface area contributed by atoms with Gasteiger partial charge >= 0.3 is 17.9 Å². The van der Waals surface area contributed by atoms with Crippen molar-refractivity contribution in [2.24, 2.45) is 0 Å². The van der Waals surface area contributed by atoms with Crippen molar-refractivity contribution in [3.63, 3.8) is 0 Å². The fraction of sp³-hybridized carbons (Fsp3) is 0.700. The smallest absolute Gasteiger partial charge is 0.303 e. The SMILES string of the molecule is CC(=O)NC1C(CNC(=O)CCCC(=O)NS)OC(COC(C)=O)C(OC(C)=O)C1OC(C)=O. The molecule has 1 saturated heterocycles. The van der Waals surface area contributed by atoms with Crippen LogP contribution in [-0.4, -0.2) is 79.2 Å². The van der Waals surface area contributed by atoms with E-state index in [1.807, 2.05) is 0 Å². The normalized spacial score (nSPS) is 23.7. The minimum Gasteiger partial charge on any atom is -0.463 e. The van der Waals surface area contributed by atoms with E-state index in [2.05, 4.69) is 28.2 Å². The number of hydrogen-bond acceptors (Lipinski definition) is 11. The molecule has 0 radical (unpaired) electrons. The van der Waals surface area contributed by atoms with Gasteiger partial charge in [0, 0.05) is 47.1 Å². The Kier molecular flexibility index (Phi) is 12.4. The summed E-state index contributed by atoms with van der Waals surface area (Å²) >= 11 is 3.64. The number of carbonyl (C=O) groups is 6. The van der Waals surface area contributed by atoms with Crippen molar-refractivity contribution in [1.29, 1.82) is 0 Å². The Morgan fingerprint density at radius 2 is 1.41 bits per heavy atom. The van der Waals surface area contributed by atoms with Gasteiger partial charge in [-0.3, -0.25) is 28.8 Å². The van der Waals surface area contributed by atoms with Crippen LogP contribution >= 0.6 is 12.8 Å². The quantitative estimate of drug-likeness (QED) is 0.154. The maximum absolute atomic E-state index is 12.2. The molecule has 0 saturated carbocycles. The van der Waals surface area contributed by atoms with Crippen LogP contribution in [0.25, 0.3) is 0 Å². The molecule has 192 valence electrons. The third kappa shape index (κ3) is 10.4. The van der Waals surface area contributed by atoms with Gasteiger partial charge in [-0.2, -0.15) is 0 Å². The van der Waals surface area contributed by atoms with E-state index in [0.717, 1.165) is 13.8 Å². The number of hydrogen-bond donors (Lipinski definition) is 4. The molecule has 0 aromatic heterocycles. The Hall–Kier alpha value is -2.87. The molecule has 0 bridgehead atoms. The molecule has 3 N–H and O–H groups in total. The molecule has 13 nitrogen and oxygen atoms in total. The summed E-state index contributed by atoms with van der Waals surface area (Å²) in [5.74, 6) is -3.24. The second-order valence-corrected chi connectivity index (χ2v) is 7.81. The Morgan fingerprint density at radius 3 is 1.94 bits per heavy atom. The predicted octanol–water partition coefficient (Wildman–Crippen LogP) is -1.07. The van der Waals surface area contributed by atoms with Crippen LogP contribution in [-0.2, 0) is 47.7 Å². The van der Waals surface area contributed by atoms with E-state index in [-0.39, 0.29) is 44.2 Å². The molecule has 0 aromatic rings. The molecule has 0 spiro atoms. The van der Waals surface area contributed by atoms with E-state index in [4.69, 9.17) is 18.9 Å². The second kappa shape index (κ2) is 14.4. The molecule has 1 heterocycles. The van der Waals surface area contributed by atoms with Crippen molar-refractivity contribution in [3.8, 4) is 0 Å². The number of amides is 3. The van der Waals surface area contributed by atoms with Crippen LogP contribution in [0.15, 0.2) is 0 Å². The average Bonchev–Trinajstić information content (AvgIpc) is 2.73. The van der Waals surface area contributed by atoms with Gasteiger partial charge in [0.1, 0.15) is 12.7 Å². The lowest BCUT2D eigenvalue weighted by atomic mass is 9.91. The van der Waals surface area contributed by atoms with Gasteiger partial charge < -0.3 is 34.3 Å². The number of thiol groups is 1. The highest BCUT2D eigenvalue weighted by Crippen LogP contribution is 2.27. The summed E-state index contributed by atoms with van der Waals surface area (Å²) in [6.07, 6.45) is -3.97. The topological polar surface area (TPSA) is 175 Å². The lowest BCUT2D eigenvalue weighted by molar-refractivity contribution is -0.222. The van der Waals surface area contributed by atoms with Gasteiger partial charge in [-0.05, 0) is 6.42 Å². The summed E-state index contributed by atoms with van der Waals surface area (Å²) in [5.41, 5.74) is 0. The summed E-state index contributed by atoms with van der Waals surface area (Å²) in [6.45, 7) is 4.24. The van der Waals surface area contributed by atoms with Crippen LogP contribution in [0.3, 0.4) is 0 Å². The molecule has 1 aliphatic heterocycles. The highest BCUT2D eigenvalue weighted by atomic mass is 32.1.